The summed E-state index contributed by atoms with van der Waals surface area (Å²) in [6, 6.07) is 9.16. The highest BCUT2D eigenvalue weighted by Crippen LogP contribution is 2.10. The van der Waals surface area contributed by atoms with Crippen LogP contribution in [0.1, 0.15) is 20.3 Å². The van der Waals surface area contributed by atoms with Crippen LogP contribution in [0.5, 0.6) is 5.75 Å². The second kappa shape index (κ2) is 7.01. The van der Waals surface area contributed by atoms with E-state index in [1.54, 1.807) is 24.1 Å². The summed E-state index contributed by atoms with van der Waals surface area (Å²) in [4.78, 5) is 13.3. The van der Waals surface area contributed by atoms with Crippen molar-refractivity contribution in [2.75, 3.05) is 13.6 Å². The lowest BCUT2D eigenvalue weighted by Crippen LogP contribution is -2.36. The Balaban J connectivity index is 2.38. The zero-order chi connectivity index (χ0) is 13.5. The van der Waals surface area contributed by atoms with Crippen molar-refractivity contribution >= 4 is 6.09 Å². The van der Waals surface area contributed by atoms with Gasteiger partial charge in [0.1, 0.15) is 5.75 Å². The maximum atomic E-state index is 11.8. The summed E-state index contributed by atoms with van der Waals surface area (Å²) in [7, 11) is 1.72. The van der Waals surface area contributed by atoms with E-state index in [2.05, 4.69) is 13.8 Å². The SMILES string of the molecule is CC(C)C(N)CCN(C)C(=O)Oc1ccccc1. The van der Waals surface area contributed by atoms with Crippen LogP contribution in [-0.2, 0) is 0 Å². The molecule has 1 aromatic rings. The number of carbonyl (C=O) groups is 1. The van der Waals surface area contributed by atoms with Gasteiger partial charge in [0, 0.05) is 19.6 Å². The molecule has 0 radical (unpaired) electrons. The number of carbonyl (C=O) groups excluding carboxylic acids is 1. The highest BCUT2D eigenvalue weighted by molar-refractivity contribution is 5.70. The third-order valence-corrected chi connectivity index (χ3v) is 2.91. The van der Waals surface area contributed by atoms with Gasteiger partial charge in [-0.1, -0.05) is 32.0 Å². The van der Waals surface area contributed by atoms with E-state index in [-0.39, 0.29) is 12.1 Å². The number of para-hydroxylation sites is 1. The number of nitrogens with zero attached hydrogens (tertiary/aromatic N) is 1. The molecule has 0 aromatic heterocycles. The number of rotatable bonds is 5. The Labute approximate surface area is 109 Å². The molecule has 1 unspecified atom stereocenters. The van der Waals surface area contributed by atoms with Crippen LogP contribution in [0.25, 0.3) is 0 Å². The van der Waals surface area contributed by atoms with Crippen molar-refractivity contribution in [3.63, 3.8) is 0 Å². The van der Waals surface area contributed by atoms with Crippen molar-refractivity contribution in [2.24, 2.45) is 11.7 Å². The Morgan fingerprint density at radius 2 is 1.94 bits per heavy atom. The summed E-state index contributed by atoms with van der Waals surface area (Å²) in [5.41, 5.74) is 5.94. The van der Waals surface area contributed by atoms with Crippen molar-refractivity contribution < 1.29 is 9.53 Å². The highest BCUT2D eigenvalue weighted by Gasteiger charge is 2.14. The van der Waals surface area contributed by atoms with Crippen LogP contribution < -0.4 is 10.5 Å². The summed E-state index contributed by atoms with van der Waals surface area (Å²) in [6.07, 6.45) is 0.426. The fourth-order valence-corrected chi connectivity index (χ4v) is 1.43. The van der Waals surface area contributed by atoms with Gasteiger partial charge in [-0.2, -0.15) is 0 Å². The third-order valence-electron chi connectivity index (χ3n) is 2.91. The molecule has 2 N–H and O–H groups in total. The minimum Gasteiger partial charge on any atom is -0.410 e. The average Bonchev–Trinajstić information content (AvgIpc) is 2.36. The zero-order valence-corrected chi connectivity index (χ0v) is 11.3. The standard InChI is InChI=1S/C14H22N2O2/c1-11(2)13(15)9-10-16(3)14(17)18-12-7-5-4-6-8-12/h4-8,11,13H,9-10,15H2,1-3H3. The van der Waals surface area contributed by atoms with Gasteiger partial charge in [0.15, 0.2) is 0 Å². The lowest BCUT2D eigenvalue weighted by Gasteiger charge is -2.21. The normalized spacial score (nSPS) is 12.3. The van der Waals surface area contributed by atoms with Gasteiger partial charge in [0.2, 0.25) is 0 Å². The van der Waals surface area contributed by atoms with Crippen molar-refractivity contribution in [1.29, 1.82) is 0 Å². The van der Waals surface area contributed by atoms with Gasteiger partial charge in [-0.15, -0.1) is 0 Å². The topological polar surface area (TPSA) is 55.6 Å². The minimum absolute atomic E-state index is 0.108. The molecule has 18 heavy (non-hydrogen) atoms. The van der Waals surface area contributed by atoms with E-state index in [1.165, 1.54) is 0 Å². The summed E-state index contributed by atoms with van der Waals surface area (Å²) in [6.45, 7) is 4.75. The van der Waals surface area contributed by atoms with Gasteiger partial charge in [0.05, 0.1) is 0 Å². The number of hydrogen-bond acceptors (Lipinski definition) is 3. The van der Waals surface area contributed by atoms with Crippen LogP contribution in [0.3, 0.4) is 0 Å². The molecule has 0 aliphatic rings. The highest BCUT2D eigenvalue weighted by atomic mass is 16.6. The molecular weight excluding hydrogens is 228 g/mol. The first kappa shape index (κ1) is 14.5. The van der Waals surface area contributed by atoms with Gasteiger partial charge in [0.25, 0.3) is 0 Å². The Morgan fingerprint density at radius 3 is 2.50 bits per heavy atom. The molecule has 1 rings (SSSR count). The van der Waals surface area contributed by atoms with Crippen LogP contribution in [0.15, 0.2) is 30.3 Å². The molecule has 1 amide bonds. The van der Waals surface area contributed by atoms with Gasteiger partial charge in [-0.3, -0.25) is 0 Å². The Hall–Kier alpha value is -1.55. The zero-order valence-electron chi connectivity index (χ0n) is 11.3. The molecule has 1 atom stereocenters. The fourth-order valence-electron chi connectivity index (χ4n) is 1.43. The van der Waals surface area contributed by atoms with Crippen LogP contribution in [-0.4, -0.2) is 30.6 Å². The molecule has 1 aromatic carbocycles. The molecule has 0 saturated carbocycles. The summed E-state index contributed by atoms with van der Waals surface area (Å²) < 4.78 is 5.22. The molecule has 0 aliphatic heterocycles. The monoisotopic (exact) mass is 250 g/mol. The number of ether oxygens (including phenoxy) is 1. The lowest BCUT2D eigenvalue weighted by molar-refractivity contribution is 0.160. The number of amides is 1. The molecule has 0 saturated heterocycles. The van der Waals surface area contributed by atoms with E-state index in [0.29, 0.717) is 18.2 Å². The van der Waals surface area contributed by atoms with E-state index >= 15 is 0 Å². The molecule has 0 spiro atoms. The fraction of sp³-hybridized carbons (Fsp3) is 0.500. The number of hydrogen-bond donors (Lipinski definition) is 1. The number of benzene rings is 1. The van der Waals surface area contributed by atoms with Gasteiger partial charge in [-0.25, -0.2) is 4.79 Å². The van der Waals surface area contributed by atoms with E-state index in [4.69, 9.17) is 10.5 Å². The summed E-state index contributed by atoms with van der Waals surface area (Å²) >= 11 is 0. The van der Waals surface area contributed by atoms with Crippen LogP contribution in [0, 0.1) is 5.92 Å². The van der Waals surface area contributed by atoms with Gasteiger partial charge >= 0.3 is 6.09 Å². The minimum atomic E-state index is -0.350. The second-order valence-corrected chi connectivity index (χ2v) is 4.80. The lowest BCUT2D eigenvalue weighted by atomic mass is 10.0. The predicted molar refractivity (Wildman–Crippen MR) is 72.5 cm³/mol. The Morgan fingerprint density at radius 1 is 1.33 bits per heavy atom. The smallest absolute Gasteiger partial charge is 0.410 e. The molecule has 100 valence electrons. The van der Waals surface area contributed by atoms with E-state index in [9.17, 15) is 4.79 Å². The molecular formula is C14H22N2O2. The van der Waals surface area contributed by atoms with Crippen LogP contribution in [0.2, 0.25) is 0 Å². The van der Waals surface area contributed by atoms with E-state index < -0.39 is 0 Å². The average molecular weight is 250 g/mol. The summed E-state index contributed by atoms with van der Waals surface area (Å²) in [5.74, 6) is 0.978. The Kier molecular flexibility index (Phi) is 5.65. The van der Waals surface area contributed by atoms with Crippen molar-refractivity contribution in [2.45, 2.75) is 26.3 Å². The second-order valence-electron chi connectivity index (χ2n) is 4.80. The first-order valence-corrected chi connectivity index (χ1v) is 6.24. The number of nitrogens with two attached hydrogens (primary N) is 1. The van der Waals surface area contributed by atoms with E-state index in [0.717, 1.165) is 6.42 Å². The Bertz CT molecular complexity index is 365. The molecule has 4 heteroatoms. The predicted octanol–water partition coefficient (Wildman–Crippen LogP) is 2.49. The molecule has 0 bridgehead atoms. The van der Waals surface area contributed by atoms with Gasteiger partial charge < -0.3 is 15.4 Å². The summed E-state index contributed by atoms with van der Waals surface area (Å²) in [5, 5.41) is 0. The maximum absolute atomic E-state index is 11.8. The molecule has 0 fully saturated rings. The van der Waals surface area contributed by atoms with Crippen molar-refractivity contribution in [3.8, 4) is 5.75 Å². The van der Waals surface area contributed by atoms with E-state index in [1.807, 2.05) is 18.2 Å². The van der Waals surface area contributed by atoms with Crippen molar-refractivity contribution in [3.05, 3.63) is 30.3 Å². The first-order chi connectivity index (χ1) is 8.50. The first-order valence-electron chi connectivity index (χ1n) is 6.24. The van der Waals surface area contributed by atoms with Crippen LogP contribution >= 0.6 is 0 Å². The quantitative estimate of drug-likeness (QED) is 0.873. The molecule has 0 heterocycles. The largest absolute Gasteiger partial charge is 0.414 e. The van der Waals surface area contributed by atoms with Crippen LogP contribution in [0.4, 0.5) is 4.79 Å². The molecule has 0 aliphatic carbocycles. The third kappa shape index (κ3) is 4.75. The molecule has 4 nitrogen and oxygen atoms in total. The maximum Gasteiger partial charge on any atom is 0.414 e. The van der Waals surface area contributed by atoms with Gasteiger partial charge in [-0.05, 0) is 24.5 Å². The van der Waals surface area contributed by atoms with Crippen molar-refractivity contribution in [1.82, 2.24) is 4.90 Å².